The molecule has 0 aliphatic carbocycles. The molecule has 1 aromatic rings. The van der Waals surface area contributed by atoms with E-state index in [4.69, 9.17) is 0 Å². The van der Waals surface area contributed by atoms with Crippen molar-refractivity contribution < 1.29 is 4.79 Å². The van der Waals surface area contributed by atoms with E-state index in [9.17, 15) is 4.79 Å². The maximum Gasteiger partial charge on any atom is 0.223 e. The Morgan fingerprint density at radius 3 is 2.57 bits per heavy atom. The summed E-state index contributed by atoms with van der Waals surface area (Å²) in [7, 11) is 0. The van der Waals surface area contributed by atoms with E-state index < -0.39 is 0 Å². The number of nitrogens with one attached hydrogen (secondary N) is 1. The molecule has 1 aromatic carbocycles. The van der Waals surface area contributed by atoms with Gasteiger partial charge in [-0.25, -0.2) is 0 Å². The number of rotatable bonds is 7. The Morgan fingerprint density at radius 2 is 1.96 bits per heavy atom. The normalized spacial score (nSPS) is 15.0. The molecule has 6 heteroatoms. The van der Waals surface area contributed by atoms with Gasteiger partial charge in [-0.1, -0.05) is 22.9 Å². The van der Waals surface area contributed by atoms with Crippen molar-refractivity contribution in [2.45, 2.75) is 43.5 Å². The van der Waals surface area contributed by atoms with E-state index >= 15 is 0 Å². The molecule has 1 heterocycles. The number of halogens is 2. The van der Waals surface area contributed by atoms with E-state index in [-0.39, 0.29) is 12.4 Å². The fourth-order valence-electron chi connectivity index (χ4n) is 2.80. The van der Waals surface area contributed by atoms with Gasteiger partial charge in [0.15, 0.2) is 0 Å². The first-order chi connectivity index (χ1) is 10.7. The van der Waals surface area contributed by atoms with Gasteiger partial charge in [0.2, 0.25) is 5.91 Å². The molecule has 1 saturated heterocycles. The van der Waals surface area contributed by atoms with E-state index in [1.54, 1.807) is 11.8 Å². The van der Waals surface area contributed by atoms with E-state index in [1.807, 2.05) is 12.1 Å². The summed E-state index contributed by atoms with van der Waals surface area (Å²) in [6, 6.07) is 8.71. The molecule has 0 atom stereocenters. The molecule has 0 aromatic heterocycles. The van der Waals surface area contributed by atoms with Crippen molar-refractivity contribution >= 4 is 46.0 Å². The van der Waals surface area contributed by atoms with Crippen LogP contribution in [0.5, 0.6) is 0 Å². The monoisotopic (exact) mass is 420 g/mol. The largest absolute Gasteiger partial charge is 0.340 e. The lowest BCUT2D eigenvalue weighted by molar-refractivity contribution is -0.133. The van der Waals surface area contributed by atoms with Crippen molar-refractivity contribution in [1.29, 1.82) is 0 Å². The van der Waals surface area contributed by atoms with Crippen molar-refractivity contribution in [3.8, 4) is 0 Å². The standard InChI is InChI=1S/C17H25BrN2OS.ClH/c1-2-12-20(15-7-10-19-11-8-15)17(21)9-13-22-16-5-3-14(18)4-6-16;/h3-6,15,19H,2,7-13H2,1H3;1H. The topological polar surface area (TPSA) is 32.3 Å². The third-order valence-corrected chi connectivity index (χ3v) is 5.48. The highest BCUT2D eigenvalue weighted by atomic mass is 79.9. The van der Waals surface area contributed by atoms with Crippen LogP contribution in [0, 0.1) is 0 Å². The van der Waals surface area contributed by atoms with Crippen LogP contribution in [0.4, 0.5) is 0 Å². The zero-order chi connectivity index (χ0) is 15.8. The summed E-state index contributed by atoms with van der Waals surface area (Å²) in [6.07, 6.45) is 3.84. The van der Waals surface area contributed by atoms with Crippen molar-refractivity contribution in [2.75, 3.05) is 25.4 Å². The molecule has 3 nitrogen and oxygen atoms in total. The maximum absolute atomic E-state index is 12.6. The first-order valence-electron chi connectivity index (χ1n) is 8.09. The second kappa shape index (κ2) is 11.3. The maximum atomic E-state index is 12.6. The predicted molar refractivity (Wildman–Crippen MR) is 105 cm³/mol. The molecule has 1 aliphatic heterocycles. The fraction of sp³-hybridized carbons (Fsp3) is 0.588. The van der Waals surface area contributed by atoms with Crippen LogP contribution < -0.4 is 5.32 Å². The van der Waals surface area contributed by atoms with Gasteiger partial charge in [0, 0.05) is 34.1 Å². The van der Waals surface area contributed by atoms with Gasteiger partial charge in [0.1, 0.15) is 0 Å². The fourth-order valence-corrected chi connectivity index (χ4v) is 3.91. The van der Waals surface area contributed by atoms with Crippen LogP contribution in [0.25, 0.3) is 0 Å². The molecule has 0 saturated carbocycles. The lowest BCUT2D eigenvalue weighted by Crippen LogP contribution is -2.46. The van der Waals surface area contributed by atoms with E-state index in [1.165, 1.54) is 4.90 Å². The summed E-state index contributed by atoms with van der Waals surface area (Å²) < 4.78 is 1.09. The molecule has 0 spiro atoms. The van der Waals surface area contributed by atoms with Crippen LogP contribution in [0.2, 0.25) is 0 Å². The van der Waals surface area contributed by atoms with E-state index in [0.717, 1.165) is 49.1 Å². The smallest absolute Gasteiger partial charge is 0.223 e. The minimum absolute atomic E-state index is 0. The van der Waals surface area contributed by atoms with Gasteiger partial charge in [-0.3, -0.25) is 4.79 Å². The van der Waals surface area contributed by atoms with Crippen LogP contribution >= 0.6 is 40.1 Å². The van der Waals surface area contributed by atoms with Gasteiger partial charge in [0.05, 0.1) is 0 Å². The molecular formula is C17H26BrClN2OS. The molecule has 130 valence electrons. The lowest BCUT2D eigenvalue weighted by atomic mass is 10.0. The molecule has 1 amide bonds. The van der Waals surface area contributed by atoms with Crippen LogP contribution in [0.15, 0.2) is 33.6 Å². The third kappa shape index (κ3) is 7.04. The number of hydrogen-bond acceptors (Lipinski definition) is 3. The Bertz CT molecular complexity index is 466. The number of amides is 1. The molecule has 1 N–H and O–H groups in total. The molecule has 1 fully saturated rings. The van der Waals surface area contributed by atoms with Crippen molar-refractivity contribution in [3.63, 3.8) is 0 Å². The molecule has 0 bridgehead atoms. The average Bonchev–Trinajstić information content (AvgIpc) is 2.55. The molecule has 23 heavy (non-hydrogen) atoms. The highest BCUT2D eigenvalue weighted by molar-refractivity contribution is 9.10. The molecule has 1 aliphatic rings. The first-order valence-corrected chi connectivity index (χ1v) is 9.87. The van der Waals surface area contributed by atoms with E-state index in [2.05, 4.69) is 45.2 Å². The van der Waals surface area contributed by atoms with Gasteiger partial charge in [-0.15, -0.1) is 24.2 Å². The zero-order valence-corrected chi connectivity index (χ0v) is 16.8. The number of nitrogens with zero attached hydrogens (tertiary/aromatic N) is 1. The number of carbonyl (C=O) groups is 1. The van der Waals surface area contributed by atoms with Crippen LogP contribution in [0.1, 0.15) is 32.6 Å². The number of carbonyl (C=O) groups excluding carboxylic acids is 1. The Kier molecular flexibility index (Phi) is 10.3. The van der Waals surface area contributed by atoms with Crippen LogP contribution in [-0.4, -0.2) is 42.2 Å². The van der Waals surface area contributed by atoms with Gasteiger partial charge in [-0.05, 0) is 56.6 Å². The SMILES string of the molecule is CCCN(C(=O)CCSc1ccc(Br)cc1)C1CCNCC1.Cl. The Hall–Kier alpha value is -0.230. The highest BCUT2D eigenvalue weighted by Gasteiger charge is 2.24. The quantitative estimate of drug-likeness (QED) is 0.665. The molecule has 0 unspecified atom stereocenters. The second-order valence-electron chi connectivity index (χ2n) is 5.62. The summed E-state index contributed by atoms with van der Waals surface area (Å²) in [5.41, 5.74) is 0. The van der Waals surface area contributed by atoms with Gasteiger partial charge in [0.25, 0.3) is 0 Å². The lowest BCUT2D eigenvalue weighted by Gasteiger charge is -2.34. The number of thioether (sulfide) groups is 1. The third-order valence-electron chi connectivity index (χ3n) is 3.93. The summed E-state index contributed by atoms with van der Waals surface area (Å²) in [5, 5.41) is 3.37. The second-order valence-corrected chi connectivity index (χ2v) is 7.70. The summed E-state index contributed by atoms with van der Waals surface area (Å²) in [6.45, 7) is 5.11. The van der Waals surface area contributed by atoms with Crippen LogP contribution in [0.3, 0.4) is 0 Å². The number of benzene rings is 1. The Balaban J connectivity index is 0.00000264. The first kappa shape index (κ1) is 20.8. The number of piperidine rings is 1. The van der Waals surface area contributed by atoms with Crippen LogP contribution in [-0.2, 0) is 4.79 Å². The van der Waals surface area contributed by atoms with Gasteiger partial charge < -0.3 is 10.2 Å². The van der Waals surface area contributed by atoms with Crippen molar-refractivity contribution in [3.05, 3.63) is 28.7 Å². The number of hydrogen-bond donors (Lipinski definition) is 1. The van der Waals surface area contributed by atoms with Crippen molar-refractivity contribution in [1.82, 2.24) is 10.2 Å². The molecular weight excluding hydrogens is 396 g/mol. The summed E-state index contributed by atoms with van der Waals surface area (Å²) >= 11 is 5.20. The summed E-state index contributed by atoms with van der Waals surface area (Å²) in [5.74, 6) is 1.17. The Labute approximate surface area is 158 Å². The predicted octanol–water partition coefficient (Wildman–Crippen LogP) is 4.34. The summed E-state index contributed by atoms with van der Waals surface area (Å²) in [4.78, 5) is 15.9. The van der Waals surface area contributed by atoms with Crippen molar-refractivity contribution in [2.24, 2.45) is 0 Å². The zero-order valence-electron chi connectivity index (χ0n) is 13.6. The Morgan fingerprint density at radius 1 is 1.30 bits per heavy atom. The van der Waals surface area contributed by atoms with Gasteiger partial charge in [-0.2, -0.15) is 0 Å². The van der Waals surface area contributed by atoms with E-state index in [0.29, 0.717) is 18.4 Å². The highest BCUT2D eigenvalue weighted by Crippen LogP contribution is 2.22. The minimum Gasteiger partial charge on any atom is -0.340 e. The van der Waals surface area contributed by atoms with Gasteiger partial charge >= 0.3 is 0 Å². The molecule has 2 rings (SSSR count). The molecule has 0 radical (unpaired) electrons. The minimum atomic E-state index is 0. The average molecular weight is 422 g/mol.